The Morgan fingerprint density at radius 3 is 2.43 bits per heavy atom. The Morgan fingerprint density at radius 2 is 1.93 bits per heavy atom. The van der Waals surface area contributed by atoms with Crippen LogP contribution in [0.2, 0.25) is 0 Å². The minimum Gasteiger partial charge on any atom is -0.373 e. The third-order valence-electron chi connectivity index (χ3n) is 3.06. The van der Waals surface area contributed by atoms with Crippen molar-refractivity contribution in [1.29, 1.82) is 0 Å². The van der Waals surface area contributed by atoms with E-state index in [4.69, 9.17) is 10.5 Å². The molecule has 0 bridgehead atoms. The van der Waals surface area contributed by atoms with Crippen LogP contribution in [0.25, 0.3) is 0 Å². The molecular weight excluding hydrogens is 174 g/mol. The van der Waals surface area contributed by atoms with Crippen LogP contribution in [0, 0.1) is 0 Å². The molecule has 0 amide bonds. The van der Waals surface area contributed by atoms with Crippen molar-refractivity contribution >= 4 is 0 Å². The lowest BCUT2D eigenvalue weighted by Crippen LogP contribution is -2.44. The molecule has 1 unspecified atom stereocenters. The fourth-order valence-electron chi connectivity index (χ4n) is 1.94. The van der Waals surface area contributed by atoms with Crippen molar-refractivity contribution in [3.63, 3.8) is 0 Å². The van der Waals surface area contributed by atoms with Crippen molar-refractivity contribution in [3.05, 3.63) is 12.7 Å². The van der Waals surface area contributed by atoms with Crippen LogP contribution in [-0.2, 0) is 4.74 Å². The molecule has 1 fully saturated rings. The fraction of sp³-hybridized carbons (Fsp3) is 0.833. The molecule has 0 aromatic carbocycles. The number of nitrogens with two attached hydrogens (primary N) is 1. The Labute approximate surface area is 87.5 Å². The Balaban J connectivity index is 2.34. The van der Waals surface area contributed by atoms with E-state index in [-0.39, 0.29) is 11.6 Å². The van der Waals surface area contributed by atoms with Crippen LogP contribution in [0.3, 0.4) is 0 Å². The lowest BCUT2D eigenvalue weighted by molar-refractivity contribution is 0.0497. The van der Waals surface area contributed by atoms with Gasteiger partial charge in [0.05, 0.1) is 12.7 Å². The molecular formula is C12H23NO. The maximum atomic E-state index is 6.30. The second-order valence-corrected chi connectivity index (χ2v) is 4.53. The topological polar surface area (TPSA) is 35.2 Å². The van der Waals surface area contributed by atoms with E-state index in [2.05, 4.69) is 6.58 Å². The molecule has 0 spiro atoms. The minimum atomic E-state index is -0.0756. The van der Waals surface area contributed by atoms with Crippen LogP contribution < -0.4 is 5.73 Å². The predicted octanol–water partition coefficient (Wildman–Crippen LogP) is 2.63. The average Bonchev–Trinajstić information content (AvgIpc) is 2.40. The fourth-order valence-corrected chi connectivity index (χ4v) is 1.94. The van der Waals surface area contributed by atoms with Crippen LogP contribution in [0.1, 0.15) is 45.4 Å². The molecule has 0 aromatic heterocycles. The number of hydrogen-bond acceptors (Lipinski definition) is 2. The minimum absolute atomic E-state index is 0.0756. The standard InChI is InChI=1S/C12H23NO/c1-3-11(2)14-10-12(13)8-6-4-5-7-9-12/h3,11H,1,4-10,13H2,2H3. The summed E-state index contributed by atoms with van der Waals surface area (Å²) in [5.41, 5.74) is 6.23. The summed E-state index contributed by atoms with van der Waals surface area (Å²) in [7, 11) is 0. The maximum Gasteiger partial charge on any atom is 0.0725 e. The van der Waals surface area contributed by atoms with Crippen LogP contribution in [0.4, 0.5) is 0 Å². The second-order valence-electron chi connectivity index (χ2n) is 4.53. The van der Waals surface area contributed by atoms with Crippen molar-refractivity contribution in [2.24, 2.45) is 5.73 Å². The smallest absolute Gasteiger partial charge is 0.0725 e. The molecule has 0 radical (unpaired) electrons. The largest absolute Gasteiger partial charge is 0.373 e. The zero-order valence-corrected chi connectivity index (χ0v) is 9.30. The van der Waals surface area contributed by atoms with E-state index in [1.807, 2.05) is 13.0 Å². The molecule has 0 saturated heterocycles. The Kier molecular flexibility index (Phi) is 4.63. The highest BCUT2D eigenvalue weighted by molar-refractivity contribution is 4.87. The van der Waals surface area contributed by atoms with Crippen molar-refractivity contribution in [3.8, 4) is 0 Å². The van der Waals surface area contributed by atoms with Gasteiger partial charge in [0, 0.05) is 5.54 Å². The first-order valence-electron chi connectivity index (χ1n) is 5.69. The van der Waals surface area contributed by atoms with E-state index in [0.717, 1.165) is 12.8 Å². The van der Waals surface area contributed by atoms with E-state index in [1.54, 1.807) is 0 Å². The van der Waals surface area contributed by atoms with Gasteiger partial charge in [-0.2, -0.15) is 0 Å². The van der Waals surface area contributed by atoms with Gasteiger partial charge in [-0.25, -0.2) is 0 Å². The molecule has 14 heavy (non-hydrogen) atoms. The summed E-state index contributed by atoms with van der Waals surface area (Å²) in [4.78, 5) is 0. The normalized spacial score (nSPS) is 23.9. The van der Waals surface area contributed by atoms with E-state index >= 15 is 0 Å². The highest BCUT2D eigenvalue weighted by Crippen LogP contribution is 2.25. The van der Waals surface area contributed by atoms with Gasteiger partial charge in [0.1, 0.15) is 0 Å². The van der Waals surface area contributed by atoms with Gasteiger partial charge < -0.3 is 10.5 Å². The SMILES string of the molecule is C=CC(C)OCC1(N)CCCCCC1. The van der Waals surface area contributed by atoms with Gasteiger partial charge >= 0.3 is 0 Å². The second kappa shape index (κ2) is 5.52. The number of hydrogen-bond donors (Lipinski definition) is 1. The predicted molar refractivity (Wildman–Crippen MR) is 60.2 cm³/mol. The van der Waals surface area contributed by atoms with E-state index in [9.17, 15) is 0 Å². The first kappa shape index (κ1) is 11.7. The van der Waals surface area contributed by atoms with E-state index in [0.29, 0.717) is 6.61 Å². The van der Waals surface area contributed by atoms with Crippen LogP contribution >= 0.6 is 0 Å². The first-order chi connectivity index (χ1) is 6.66. The van der Waals surface area contributed by atoms with E-state index in [1.165, 1.54) is 25.7 Å². The lowest BCUT2D eigenvalue weighted by atomic mass is 9.92. The average molecular weight is 197 g/mol. The third kappa shape index (κ3) is 3.81. The molecule has 1 saturated carbocycles. The quantitative estimate of drug-likeness (QED) is 0.555. The molecule has 2 nitrogen and oxygen atoms in total. The highest BCUT2D eigenvalue weighted by Gasteiger charge is 2.26. The van der Waals surface area contributed by atoms with Gasteiger partial charge in [0.2, 0.25) is 0 Å². The third-order valence-corrected chi connectivity index (χ3v) is 3.06. The summed E-state index contributed by atoms with van der Waals surface area (Å²) in [6.45, 7) is 6.39. The van der Waals surface area contributed by atoms with Crippen LogP contribution in [-0.4, -0.2) is 18.2 Å². The lowest BCUT2D eigenvalue weighted by Gasteiger charge is -2.28. The molecule has 2 N–H and O–H groups in total. The summed E-state index contributed by atoms with van der Waals surface area (Å²) >= 11 is 0. The maximum absolute atomic E-state index is 6.30. The van der Waals surface area contributed by atoms with Crippen LogP contribution in [0.15, 0.2) is 12.7 Å². The molecule has 0 aliphatic heterocycles. The van der Waals surface area contributed by atoms with Crippen molar-refractivity contribution < 1.29 is 4.74 Å². The van der Waals surface area contributed by atoms with Crippen molar-refractivity contribution in [2.75, 3.05) is 6.61 Å². The van der Waals surface area contributed by atoms with E-state index < -0.39 is 0 Å². The molecule has 1 atom stereocenters. The molecule has 82 valence electrons. The summed E-state index contributed by atoms with van der Waals surface area (Å²) in [5, 5.41) is 0. The molecule has 1 aliphatic rings. The van der Waals surface area contributed by atoms with Gasteiger partial charge in [-0.05, 0) is 19.8 Å². The number of rotatable bonds is 4. The molecule has 0 heterocycles. The Bertz CT molecular complexity index is 171. The van der Waals surface area contributed by atoms with Gasteiger partial charge in [-0.3, -0.25) is 0 Å². The summed E-state index contributed by atoms with van der Waals surface area (Å²) in [6.07, 6.45) is 9.32. The van der Waals surface area contributed by atoms with Crippen molar-refractivity contribution in [2.45, 2.75) is 57.1 Å². The summed E-state index contributed by atoms with van der Waals surface area (Å²) in [5.74, 6) is 0. The molecule has 1 aliphatic carbocycles. The first-order valence-corrected chi connectivity index (χ1v) is 5.69. The van der Waals surface area contributed by atoms with Gasteiger partial charge in [-0.1, -0.05) is 31.8 Å². The molecule has 0 aromatic rings. The van der Waals surface area contributed by atoms with Gasteiger partial charge in [-0.15, -0.1) is 6.58 Å². The zero-order chi connectivity index (χ0) is 10.4. The molecule has 1 rings (SSSR count). The van der Waals surface area contributed by atoms with Gasteiger partial charge in [0.15, 0.2) is 0 Å². The van der Waals surface area contributed by atoms with Crippen molar-refractivity contribution in [1.82, 2.24) is 0 Å². The summed E-state index contributed by atoms with van der Waals surface area (Å²) in [6, 6.07) is 0. The highest BCUT2D eigenvalue weighted by atomic mass is 16.5. The Morgan fingerprint density at radius 1 is 1.36 bits per heavy atom. The van der Waals surface area contributed by atoms with Crippen LogP contribution in [0.5, 0.6) is 0 Å². The Hall–Kier alpha value is -0.340. The summed E-state index contributed by atoms with van der Waals surface area (Å²) < 4.78 is 5.65. The monoisotopic (exact) mass is 197 g/mol. The van der Waals surface area contributed by atoms with Gasteiger partial charge in [0.25, 0.3) is 0 Å². The zero-order valence-electron chi connectivity index (χ0n) is 9.30. The molecule has 2 heteroatoms. The number of ether oxygens (including phenoxy) is 1.